The molecule has 0 fully saturated rings. The summed E-state index contributed by atoms with van der Waals surface area (Å²) in [6.45, 7) is 2.27. The minimum Gasteiger partial charge on any atom is -0.320 e. The van der Waals surface area contributed by atoms with Gasteiger partial charge in [-0.2, -0.15) is 0 Å². The first-order valence-corrected chi connectivity index (χ1v) is 13.4. The Balaban J connectivity index is 1.50. The van der Waals surface area contributed by atoms with Gasteiger partial charge < -0.3 is 9.13 Å². The molecule has 2 aliphatic rings. The molecule has 2 aliphatic carbocycles. The lowest BCUT2D eigenvalue weighted by atomic mass is 9.81. The maximum Gasteiger partial charge on any atom is 0.144 e. The third kappa shape index (κ3) is 3.01. The van der Waals surface area contributed by atoms with E-state index in [0.29, 0.717) is 0 Å². The average molecular weight is 489 g/mol. The van der Waals surface area contributed by atoms with E-state index in [1.54, 1.807) is 0 Å². The molecule has 0 unspecified atom stereocenters. The number of benzene rings is 4. The molecule has 2 nitrogen and oxygen atoms in total. The zero-order valence-corrected chi connectivity index (χ0v) is 21.4. The van der Waals surface area contributed by atoms with Crippen LogP contribution in [0.1, 0.15) is 25.3 Å². The summed E-state index contributed by atoms with van der Waals surface area (Å²) in [4.78, 5) is 0. The SMILES string of the molecule is CC1=CC2=C(C1)CC(n1ccc3ccccc31)(n1ccc3ccccc31)C=C2c1cccc2ccccc12. The molecule has 8 rings (SSSR count). The molecular formula is C36H28N2. The molecular weight excluding hydrogens is 460 g/mol. The van der Waals surface area contributed by atoms with Gasteiger partial charge in [-0.25, -0.2) is 0 Å². The topological polar surface area (TPSA) is 9.86 Å². The Bertz CT molecular complexity index is 1910. The van der Waals surface area contributed by atoms with Crippen LogP contribution in [0.4, 0.5) is 0 Å². The smallest absolute Gasteiger partial charge is 0.144 e. The number of rotatable bonds is 3. The largest absolute Gasteiger partial charge is 0.320 e. The second kappa shape index (κ2) is 7.97. The van der Waals surface area contributed by atoms with E-state index in [2.05, 4.69) is 144 Å². The van der Waals surface area contributed by atoms with Crippen LogP contribution in [0.5, 0.6) is 0 Å². The molecule has 2 heterocycles. The molecule has 2 heteroatoms. The molecule has 38 heavy (non-hydrogen) atoms. The van der Waals surface area contributed by atoms with Gasteiger partial charge in [0.05, 0.1) is 11.0 Å². The number of fused-ring (bicyclic) bond motifs is 3. The molecule has 0 spiro atoms. The van der Waals surface area contributed by atoms with Gasteiger partial charge in [-0.05, 0) is 81.9 Å². The fourth-order valence-corrected chi connectivity index (χ4v) is 6.88. The molecule has 2 aromatic heterocycles. The minimum absolute atomic E-state index is 0.421. The zero-order valence-electron chi connectivity index (χ0n) is 21.4. The maximum absolute atomic E-state index is 2.56. The van der Waals surface area contributed by atoms with Crippen LogP contribution in [0, 0.1) is 0 Å². The summed E-state index contributed by atoms with van der Waals surface area (Å²) in [6, 6.07) is 37.6. The van der Waals surface area contributed by atoms with Gasteiger partial charge >= 0.3 is 0 Å². The third-order valence-corrected chi connectivity index (χ3v) is 8.52. The second-order valence-corrected chi connectivity index (χ2v) is 10.8. The Labute approximate surface area is 222 Å². The molecule has 0 saturated carbocycles. The number of hydrogen-bond donors (Lipinski definition) is 0. The lowest BCUT2D eigenvalue weighted by molar-refractivity contribution is 0.318. The van der Waals surface area contributed by atoms with Gasteiger partial charge in [-0.15, -0.1) is 0 Å². The van der Waals surface area contributed by atoms with Crippen molar-refractivity contribution >= 4 is 38.2 Å². The maximum atomic E-state index is 2.56. The highest BCUT2D eigenvalue weighted by Crippen LogP contribution is 2.49. The molecule has 0 atom stereocenters. The number of nitrogens with zero attached hydrogens (tertiary/aromatic N) is 2. The van der Waals surface area contributed by atoms with Crippen molar-refractivity contribution in [1.29, 1.82) is 0 Å². The van der Waals surface area contributed by atoms with Crippen molar-refractivity contribution in [3.8, 4) is 0 Å². The third-order valence-electron chi connectivity index (χ3n) is 8.52. The average Bonchev–Trinajstić information content (AvgIpc) is 3.68. The van der Waals surface area contributed by atoms with Crippen molar-refractivity contribution in [3.05, 3.63) is 150 Å². The van der Waals surface area contributed by atoms with E-state index in [1.807, 2.05) is 0 Å². The van der Waals surface area contributed by atoms with E-state index in [0.717, 1.165) is 12.8 Å². The Morgan fingerprint density at radius 2 is 1.24 bits per heavy atom. The Hall–Kier alpha value is -4.56. The van der Waals surface area contributed by atoms with E-state index >= 15 is 0 Å². The fourth-order valence-electron chi connectivity index (χ4n) is 6.88. The second-order valence-electron chi connectivity index (χ2n) is 10.8. The van der Waals surface area contributed by atoms with Crippen LogP contribution in [-0.4, -0.2) is 9.13 Å². The standard InChI is InChI=1S/C36H28N2/c1-25-21-29-23-36(37-19-17-27-10-3-6-15-34(27)37,38-20-18-28-11-4-7-16-35(28)38)24-33(32(29)22-25)31-14-8-12-26-9-2-5-13-30(26)31/h2-20,22,24H,21,23H2,1H3. The first-order chi connectivity index (χ1) is 18.7. The van der Waals surface area contributed by atoms with Gasteiger partial charge in [0.25, 0.3) is 0 Å². The van der Waals surface area contributed by atoms with Crippen molar-refractivity contribution in [2.75, 3.05) is 0 Å². The highest BCUT2D eigenvalue weighted by atomic mass is 15.3. The van der Waals surface area contributed by atoms with Gasteiger partial charge in [-0.3, -0.25) is 0 Å². The summed E-state index contributed by atoms with van der Waals surface area (Å²) < 4.78 is 5.02. The van der Waals surface area contributed by atoms with Gasteiger partial charge in [0.1, 0.15) is 5.66 Å². The predicted octanol–water partition coefficient (Wildman–Crippen LogP) is 9.08. The lowest BCUT2D eigenvalue weighted by Crippen LogP contribution is -2.41. The van der Waals surface area contributed by atoms with Crippen LogP contribution in [0.15, 0.2) is 144 Å². The highest BCUT2D eigenvalue weighted by molar-refractivity contribution is 6.00. The molecule has 0 saturated heterocycles. The van der Waals surface area contributed by atoms with Gasteiger partial charge in [0, 0.05) is 18.8 Å². The van der Waals surface area contributed by atoms with Gasteiger partial charge in [0.15, 0.2) is 0 Å². The summed E-state index contributed by atoms with van der Waals surface area (Å²) in [5.74, 6) is 0. The molecule has 0 N–H and O–H groups in total. The Morgan fingerprint density at radius 1 is 0.632 bits per heavy atom. The van der Waals surface area contributed by atoms with E-state index in [-0.39, 0.29) is 0 Å². The molecule has 6 aromatic rings. The lowest BCUT2D eigenvalue weighted by Gasteiger charge is -2.40. The fraction of sp³-hybridized carbons (Fsp3) is 0.111. The molecule has 0 amide bonds. The first kappa shape index (κ1) is 21.5. The van der Waals surface area contributed by atoms with Crippen molar-refractivity contribution in [3.63, 3.8) is 0 Å². The predicted molar refractivity (Wildman–Crippen MR) is 159 cm³/mol. The van der Waals surface area contributed by atoms with Crippen molar-refractivity contribution in [1.82, 2.24) is 9.13 Å². The number of para-hydroxylation sites is 2. The molecule has 4 aromatic carbocycles. The van der Waals surface area contributed by atoms with Crippen LogP contribution in [0.2, 0.25) is 0 Å². The molecule has 0 radical (unpaired) electrons. The van der Waals surface area contributed by atoms with Crippen molar-refractivity contribution in [2.45, 2.75) is 25.4 Å². The van der Waals surface area contributed by atoms with E-state index in [1.165, 1.54) is 60.4 Å². The molecule has 0 bridgehead atoms. The first-order valence-electron chi connectivity index (χ1n) is 13.4. The summed E-state index contributed by atoms with van der Waals surface area (Å²) in [6.07, 6.45) is 11.5. The molecule has 182 valence electrons. The number of aromatic nitrogens is 2. The summed E-state index contributed by atoms with van der Waals surface area (Å²) in [5.41, 5.74) is 9.08. The van der Waals surface area contributed by atoms with Gasteiger partial charge in [0.2, 0.25) is 0 Å². The summed E-state index contributed by atoms with van der Waals surface area (Å²) >= 11 is 0. The number of hydrogen-bond acceptors (Lipinski definition) is 0. The Kier molecular flexibility index (Phi) is 4.51. The summed E-state index contributed by atoms with van der Waals surface area (Å²) in [5, 5.41) is 5.12. The van der Waals surface area contributed by atoms with Crippen LogP contribution in [0.25, 0.3) is 38.2 Å². The normalized spacial score (nSPS) is 16.8. The quantitative estimate of drug-likeness (QED) is 0.235. The van der Waals surface area contributed by atoms with E-state index < -0.39 is 5.66 Å². The van der Waals surface area contributed by atoms with Crippen LogP contribution < -0.4 is 0 Å². The summed E-state index contributed by atoms with van der Waals surface area (Å²) in [7, 11) is 0. The molecule has 0 aliphatic heterocycles. The van der Waals surface area contributed by atoms with Crippen molar-refractivity contribution in [2.24, 2.45) is 0 Å². The minimum atomic E-state index is -0.421. The number of allylic oxidation sites excluding steroid dienone is 6. The zero-order chi connectivity index (χ0) is 25.3. The van der Waals surface area contributed by atoms with E-state index in [9.17, 15) is 0 Å². The monoisotopic (exact) mass is 488 g/mol. The van der Waals surface area contributed by atoms with Crippen LogP contribution in [0.3, 0.4) is 0 Å². The highest BCUT2D eigenvalue weighted by Gasteiger charge is 2.40. The van der Waals surface area contributed by atoms with Crippen molar-refractivity contribution < 1.29 is 0 Å². The van der Waals surface area contributed by atoms with Crippen LogP contribution >= 0.6 is 0 Å². The van der Waals surface area contributed by atoms with Gasteiger partial charge in [-0.1, -0.05) is 96.1 Å². The van der Waals surface area contributed by atoms with E-state index in [4.69, 9.17) is 0 Å². The van der Waals surface area contributed by atoms with Crippen LogP contribution in [-0.2, 0) is 5.66 Å². The Morgan fingerprint density at radius 3 is 1.95 bits per heavy atom.